The van der Waals surface area contributed by atoms with E-state index in [4.69, 9.17) is 9.47 Å². The number of carbonyl (C=O) groups is 1. The molecule has 2 saturated heterocycles. The van der Waals surface area contributed by atoms with Crippen molar-refractivity contribution in [3.05, 3.63) is 30.1 Å². The van der Waals surface area contributed by atoms with Gasteiger partial charge in [-0.25, -0.2) is 17.5 Å². The van der Waals surface area contributed by atoms with Crippen LogP contribution in [0.5, 0.6) is 0 Å². The van der Waals surface area contributed by atoms with Crippen molar-refractivity contribution in [3.8, 4) is 0 Å². The molecule has 9 nitrogen and oxygen atoms in total. The van der Waals surface area contributed by atoms with Crippen molar-refractivity contribution in [2.75, 3.05) is 46.0 Å². The first-order valence-corrected chi connectivity index (χ1v) is 12.5. The standard InChI is InChI=1S/C21H32FN3O6S/c22-17-4-1-2-5-20(17)32(28,29)24-18-7-6-16(31-19(18)15-26)14-21(27)23-8-3-9-25-10-12-30-13-11-25/h1-2,4-5,16,18-19,24,26H,3,6-15H2,(H,23,27)/t16-,18+,19+/m1/s1. The van der Waals surface area contributed by atoms with Crippen LogP contribution in [0.4, 0.5) is 4.39 Å². The van der Waals surface area contributed by atoms with Gasteiger partial charge in [0.05, 0.1) is 44.5 Å². The Bertz CT molecular complexity index is 850. The van der Waals surface area contributed by atoms with Crippen LogP contribution in [0.3, 0.4) is 0 Å². The second-order valence-electron chi connectivity index (χ2n) is 8.08. The fourth-order valence-electron chi connectivity index (χ4n) is 3.98. The quantitative estimate of drug-likeness (QED) is 0.417. The molecule has 0 aliphatic carbocycles. The molecule has 0 saturated carbocycles. The Morgan fingerprint density at radius 3 is 2.69 bits per heavy atom. The molecule has 2 fully saturated rings. The zero-order chi connectivity index (χ0) is 23.0. The second kappa shape index (κ2) is 12.0. The predicted molar refractivity (Wildman–Crippen MR) is 115 cm³/mol. The smallest absolute Gasteiger partial charge is 0.243 e. The molecule has 180 valence electrons. The van der Waals surface area contributed by atoms with Gasteiger partial charge >= 0.3 is 0 Å². The van der Waals surface area contributed by atoms with Crippen molar-refractivity contribution in [2.24, 2.45) is 0 Å². The number of aliphatic hydroxyl groups is 1. The summed E-state index contributed by atoms with van der Waals surface area (Å²) in [6.07, 6.45) is 0.567. The zero-order valence-electron chi connectivity index (χ0n) is 18.0. The molecular weight excluding hydrogens is 441 g/mol. The lowest BCUT2D eigenvalue weighted by Crippen LogP contribution is -2.51. The fourth-order valence-corrected chi connectivity index (χ4v) is 5.35. The molecule has 3 rings (SSSR count). The molecule has 2 aliphatic rings. The van der Waals surface area contributed by atoms with Crippen molar-refractivity contribution >= 4 is 15.9 Å². The van der Waals surface area contributed by atoms with Crippen LogP contribution < -0.4 is 10.0 Å². The first-order chi connectivity index (χ1) is 15.4. The summed E-state index contributed by atoms with van der Waals surface area (Å²) < 4.78 is 52.5. The van der Waals surface area contributed by atoms with E-state index in [0.717, 1.165) is 45.3 Å². The number of nitrogens with one attached hydrogen (secondary N) is 2. The lowest BCUT2D eigenvalue weighted by atomic mass is 9.98. The number of sulfonamides is 1. The molecule has 3 atom stereocenters. The van der Waals surface area contributed by atoms with Crippen LogP contribution in [0.15, 0.2) is 29.2 Å². The summed E-state index contributed by atoms with van der Waals surface area (Å²) in [5.41, 5.74) is 0. The summed E-state index contributed by atoms with van der Waals surface area (Å²) in [6, 6.07) is 4.39. The van der Waals surface area contributed by atoms with Gasteiger partial charge in [0.2, 0.25) is 15.9 Å². The highest BCUT2D eigenvalue weighted by atomic mass is 32.2. The van der Waals surface area contributed by atoms with E-state index >= 15 is 0 Å². The van der Waals surface area contributed by atoms with Gasteiger partial charge in [0.25, 0.3) is 0 Å². The molecule has 3 N–H and O–H groups in total. The SMILES string of the molecule is O=C(C[C@H]1CC[C@H](NS(=O)(=O)c2ccccc2F)[C@H](CO)O1)NCCCN1CCOCC1. The van der Waals surface area contributed by atoms with Crippen molar-refractivity contribution in [1.29, 1.82) is 0 Å². The van der Waals surface area contributed by atoms with Crippen LogP contribution in [-0.4, -0.2) is 88.6 Å². The van der Waals surface area contributed by atoms with Crippen molar-refractivity contribution in [1.82, 2.24) is 14.9 Å². The number of carbonyl (C=O) groups excluding carboxylic acids is 1. The van der Waals surface area contributed by atoms with Gasteiger partial charge in [0.15, 0.2) is 0 Å². The van der Waals surface area contributed by atoms with Gasteiger partial charge in [-0.15, -0.1) is 0 Å². The number of hydrogen-bond donors (Lipinski definition) is 3. The average molecular weight is 474 g/mol. The Morgan fingerprint density at radius 2 is 1.97 bits per heavy atom. The third-order valence-electron chi connectivity index (χ3n) is 5.72. The van der Waals surface area contributed by atoms with E-state index in [0.29, 0.717) is 19.4 Å². The molecule has 32 heavy (non-hydrogen) atoms. The van der Waals surface area contributed by atoms with E-state index in [1.165, 1.54) is 18.2 Å². The second-order valence-corrected chi connectivity index (χ2v) is 9.76. The number of halogens is 1. The highest BCUT2D eigenvalue weighted by molar-refractivity contribution is 7.89. The molecule has 2 heterocycles. The van der Waals surface area contributed by atoms with E-state index in [1.807, 2.05) is 0 Å². The largest absolute Gasteiger partial charge is 0.394 e. The minimum atomic E-state index is -4.11. The Kier molecular flexibility index (Phi) is 9.38. The predicted octanol–water partition coefficient (Wildman–Crippen LogP) is 0.241. The van der Waals surface area contributed by atoms with Crippen LogP contribution in [0.1, 0.15) is 25.7 Å². The number of nitrogens with zero attached hydrogens (tertiary/aromatic N) is 1. The summed E-state index contributed by atoms with van der Waals surface area (Å²) in [5.74, 6) is -0.987. The highest BCUT2D eigenvalue weighted by Gasteiger charge is 2.35. The first kappa shape index (κ1) is 25.0. The third kappa shape index (κ3) is 7.19. The van der Waals surface area contributed by atoms with Gasteiger partial charge < -0.3 is 19.9 Å². The van der Waals surface area contributed by atoms with Gasteiger partial charge in [-0.1, -0.05) is 12.1 Å². The molecular formula is C21H32FN3O6S. The number of hydrogen-bond acceptors (Lipinski definition) is 7. The number of aliphatic hydroxyl groups excluding tert-OH is 1. The molecule has 1 aromatic rings. The molecule has 11 heteroatoms. The maximum atomic E-state index is 13.9. The monoisotopic (exact) mass is 473 g/mol. The van der Waals surface area contributed by atoms with Crippen LogP contribution >= 0.6 is 0 Å². The number of amides is 1. The Labute approximate surface area is 188 Å². The molecule has 1 aromatic carbocycles. The Morgan fingerprint density at radius 1 is 1.22 bits per heavy atom. The van der Waals surface area contributed by atoms with Gasteiger partial charge in [0.1, 0.15) is 10.7 Å². The van der Waals surface area contributed by atoms with Gasteiger partial charge in [-0.3, -0.25) is 9.69 Å². The van der Waals surface area contributed by atoms with Crippen molar-refractivity contribution < 1.29 is 32.2 Å². The number of benzene rings is 1. The van der Waals surface area contributed by atoms with Crippen LogP contribution in [0, 0.1) is 5.82 Å². The topological polar surface area (TPSA) is 117 Å². The molecule has 0 radical (unpaired) electrons. The van der Waals surface area contributed by atoms with Crippen molar-refractivity contribution in [3.63, 3.8) is 0 Å². The fraction of sp³-hybridized carbons (Fsp3) is 0.667. The van der Waals surface area contributed by atoms with Gasteiger partial charge in [0, 0.05) is 19.6 Å². The Hall–Kier alpha value is -1.63. The highest BCUT2D eigenvalue weighted by Crippen LogP contribution is 2.24. The van der Waals surface area contributed by atoms with E-state index < -0.39 is 45.6 Å². The third-order valence-corrected chi connectivity index (χ3v) is 7.24. The Balaban J connectivity index is 1.42. The van der Waals surface area contributed by atoms with Crippen LogP contribution in [-0.2, 0) is 24.3 Å². The van der Waals surface area contributed by atoms with E-state index in [9.17, 15) is 22.7 Å². The number of rotatable bonds is 10. The van der Waals surface area contributed by atoms with E-state index in [1.54, 1.807) is 0 Å². The zero-order valence-corrected chi connectivity index (χ0v) is 18.9. The molecule has 2 aliphatic heterocycles. The minimum absolute atomic E-state index is 0.140. The van der Waals surface area contributed by atoms with Crippen LogP contribution in [0.2, 0.25) is 0 Å². The molecule has 0 bridgehead atoms. The van der Waals surface area contributed by atoms with E-state index in [-0.39, 0.29) is 12.3 Å². The summed E-state index contributed by atoms with van der Waals surface area (Å²) in [7, 11) is -4.11. The molecule has 0 unspecified atom stereocenters. The van der Waals surface area contributed by atoms with Crippen molar-refractivity contribution in [2.45, 2.75) is 48.8 Å². The minimum Gasteiger partial charge on any atom is -0.394 e. The lowest BCUT2D eigenvalue weighted by molar-refractivity contribution is -0.130. The maximum absolute atomic E-state index is 13.9. The average Bonchev–Trinajstić information content (AvgIpc) is 2.78. The maximum Gasteiger partial charge on any atom is 0.243 e. The van der Waals surface area contributed by atoms with Gasteiger partial charge in [-0.2, -0.15) is 0 Å². The summed E-state index contributed by atoms with van der Waals surface area (Å²) in [5, 5.41) is 12.6. The first-order valence-electron chi connectivity index (χ1n) is 11.0. The number of ether oxygens (including phenoxy) is 2. The lowest BCUT2D eigenvalue weighted by Gasteiger charge is -2.35. The van der Waals surface area contributed by atoms with Crippen LogP contribution in [0.25, 0.3) is 0 Å². The molecule has 0 spiro atoms. The van der Waals surface area contributed by atoms with Gasteiger partial charge in [-0.05, 0) is 37.9 Å². The summed E-state index contributed by atoms with van der Waals surface area (Å²) in [4.78, 5) is 14.1. The normalized spacial score (nSPS) is 24.9. The van der Waals surface area contributed by atoms with E-state index in [2.05, 4.69) is 14.9 Å². The summed E-state index contributed by atoms with van der Waals surface area (Å²) in [6.45, 7) is 4.37. The summed E-state index contributed by atoms with van der Waals surface area (Å²) >= 11 is 0. The number of morpholine rings is 1. The molecule has 0 aromatic heterocycles. The molecule has 1 amide bonds.